The molecule has 0 aliphatic rings. The molecule has 0 atom stereocenters. The highest BCUT2D eigenvalue weighted by atomic mass is 16.5. The Kier molecular flexibility index (Phi) is 6.31. The second-order valence-corrected chi connectivity index (χ2v) is 5.22. The molecule has 1 aromatic heterocycles. The van der Waals surface area contributed by atoms with Crippen LogP contribution in [0.15, 0.2) is 48.7 Å². The average Bonchev–Trinajstić information content (AvgIpc) is 2.61. The minimum Gasteiger partial charge on any atom is -0.497 e. The van der Waals surface area contributed by atoms with Crippen LogP contribution in [0, 0.1) is 0 Å². The Morgan fingerprint density at radius 1 is 1.17 bits per heavy atom. The number of anilines is 1. The minimum absolute atomic E-state index is 0.113. The standard InChI is InChI=1S/C18H21N3O3/c1-14(22)21(16-6-8-17(24-2)9-7-16)12-10-18(23)20-13-15-5-3-4-11-19-15/h3-9,11H,10,12-13H2,1-2H3,(H,20,23). The molecule has 0 aliphatic heterocycles. The molecule has 0 fully saturated rings. The fourth-order valence-electron chi connectivity index (χ4n) is 2.22. The number of ether oxygens (including phenoxy) is 1. The van der Waals surface area contributed by atoms with Gasteiger partial charge in [-0.25, -0.2) is 0 Å². The maximum absolute atomic E-state index is 12.0. The zero-order chi connectivity index (χ0) is 17.4. The van der Waals surface area contributed by atoms with Crippen LogP contribution in [0.3, 0.4) is 0 Å². The van der Waals surface area contributed by atoms with Crippen LogP contribution in [0.2, 0.25) is 0 Å². The van der Waals surface area contributed by atoms with Gasteiger partial charge in [-0.2, -0.15) is 0 Å². The number of hydrogen-bond donors (Lipinski definition) is 1. The lowest BCUT2D eigenvalue weighted by Gasteiger charge is -2.21. The van der Waals surface area contributed by atoms with Gasteiger partial charge in [-0.15, -0.1) is 0 Å². The number of amides is 2. The normalized spacial score (nSPS) is 10.1. The van der Waals surface area contributed by atoms with E-state index in [-0.39, 0.29) is 18.2 Å². The first kappa shape index (κ1) is 17.5. The Labute approximate surface area is 141 Å². The van der Waals surface area contributed by atoms with Crippen LogP contribution in [-0.2, 0) is 16.1 Å². The van der Waals surface area contributed by atoms with E-state index in [2.05, 4.69) is 10.3 Å². The van der Waals surface area contributed by atoms with E-state index >= 15 is 0 Å². The molecule has 2 aromatic rings. The van der Waals surface area contributed by atoms with Crippen molar-refractivity contribution in [2.45, 2.75) is 19.9 Å². The number of nitrogens with zero attached hydrogens (tertiary/aromatic N) is 2. The van der Waals surface area contributed by atoms with Gasteiger partial charge in [0.15, 0.2) is 0 Å². The molecule has 0 saturated carbocycles. The number of pyridine rings is 1. The number of hydrogen-bond acceptors (Lipinski definition) is 4. The maximum atomic E-state index is 12.0. The molecular weight excluding hydrogens is 306 g/mol. The van der Waals surface area contributed by atoms with Crippen LogP contribution in [0.4, 0.5) is 5.69 Å². The van der Waals surface area contributed by atoms with E-state index in [1.54, 1.807) is 42.5 Å². The fourth-order valence-corrected chi connectivity index (χ4v) is 2.22. The monoisotopic (exact) mass is 327 g/mol. The summed E-state index contributed by atoms with van der Waals surface area (Å²) in [6.45, 7) is 2.17. The van der Waals surface area contributed by atoms with Gasteiger partial charge in [0.2, 0.25) is 11.8 Å². The molecule has 2 amide bonds. The summed E-state index contributed by atoms with van der Waals surface area (Å²) in [6.07, 6.45) is 1.90. The van der Waals surface area contributed by atoms with Crippen LogP contribution in [0.25, 0.3) is 0 Å². The molecule has 1 N–H and O–H groups in total. The summed E-state index contributed by atoms with van der Waals surface area (Å²) < 4.78 is 5.11. The molecule has 6 heteroatoms. The van der Waals surface area contributed by atoms with Crippen molar-refractivity contribution in [1.29, 1.82) is 0 Å². The molecule has 126 valence electrons. The Hall–Kier alpha value is -2.89. The SMILES string of the molecule is COc1ccc(N(CCC(=O)NCc2ccccn2)C(C)=O)cc1. The predicted molar refractivity (Wildman–Crippen MR) is 91.7 cm³/mol. The van der Waals surface area contributed by atoms with E-state index in [0.29, 0.717) is 13.1 Å². The van der Waals surface area contributed by atoms with Crippen LogP contribution < -0.4 is 15.0 Å². The molecule has 0 spiro atoms. The summed E-state index contributed by atoms with van der Waals surface area (Å²) in [4.78, 5) is 29.5. The second-order valence-electron chi connectivity index (χ2n) is 5.22. The van der Waals surface area contributed by atoms with E-state index in [1.807, 2.05) is 18.2 Å². The van der Waals surface area contributed by atoms with Crippen molar-refractivity contribution in [2.24, 2.45) is 0 Å². The summed E-state index contributed by atoms with van der Waals surface area (Å²) >= 11 is 0. The Morgan fingerprint density at radius 3 is 2.50 bits per heavy atom. The fraction of sp³-hybridized carbons (Fsp3) is 0.278. The third-order valence-corrected chi connectivity index (χ3v) is 3.52. The van der Waals surface area contributed by atoms with Crippen LogP contribution in [0.1, 0.15) is 19.0 Å². The number of carbonyl (C=O) groups excluding carboxylic acids is 2. The van der Waals surface area contributed by atoms with Crippen molar-refractivity contribution in [1.82, 2.24) is 10.3 Å². The van der Waals surface area contributed by atoms with Crippen molar-refractivity contribution >= 4 is 17.5 Å². The van der Waals surface area contributed by atoms with E-state index in [4.69, 9.17) is 4.74 Å². The van der Waals surface area contributed by atoms with E-state index in [0.717, 1.165) is 17.1 Å². The third-order valence-electron chi connectivity index (χ3n) is 3.52. The molecule has 0 saturated heterocycles. The van der Waals surface area contributed by atoms with E-state index < -0.39 is 0 Å². The minimum atomic E-state index is -0.125. The number of carbonyl (C=O) groups is 2. The zero-order valence-corrected chi connectivity index (χ0v) is 13.9. The molecule has 2 rings (SSSR count). The van der Waals surface area contributed by atoms with Crippen molar-refractivity contribution in [2.75, 3.05) is 18.6 Å². The van der Waals surface area contributed by atoms with Gasteiger partial charge in [0.05, 0.1) is 19.3 Å². The molecule has 0 radical (unpaired) electrons. The molecule has 1 aromatic carbocycles. The number of benzene rings is 1. The maximum Gasteiger partial charge on any atom is 0.223 e. The zero-order valence-electron chi connectivity index (χ0n) is 13.9. The Balaban J connectivity index is 1.88. The summed E-state index contributed by atoms with van der Waals surface area (Å²) in [5, 5.41) is 2.80. The van der Waals surface area contributed by atoms with Crippen molar-refractivity contribution in [3.8, 4) is 5.75 Å². The first-order valence-electron chi connectivity index (χ1n) is 7.69. The number of rotatable bonds is 7. The molecule has 0 aliphatic carbocycles. The molecule has 6 nitrogen and oxygen atoms in total. The van der Waals surface area contributed by atoms with E-state index in [9.17, 15) is 9.59 Å². The van der Waals surface area contributed by atoms with Crippen LogP contribution in [0.5, 0.6) is 5.75 Å². The van der Waals surface area contributed by atoms with Gasteiger partial charge in [0, 0.05) is 31.8 Å². The number of aromatic nitrogens is 1. The van der Waals surface area contributed by atoms with Gasteiger partial charge in [0.25, 0.3) is 0 Å². The molecule has 1 heterocycles. The first-order valence-corrected chi connectivity index (χ1v) is 7.69. The van der Waals surface area contributed by atoms with Gasteiger partial charge < -0.3 is 15.0 Å². The third kappa shape index (κ3) is 5.08. The number of nitrogens with one attached hydrogen (secondary N) is 1. The van der Waals surface area contributed by atoms with Crippen molar-refractivity contribution in [3.63, 3.8) is 0 Å². The highest BCUT2D eigenvalue weighted by Crippen LogP contribution is 2.19. The predicted octanol–water partition coefficient (Wildman–Crippen LogP) is 2.15. The Morgan fingerprint density at radius 2 is 1.92 bits per heavy atom. The second kappa shape index (κ2) is 8.67. The van der Waals surface area contributed by atoms with Gasteiger partial charge in [0.1, 0.15) is 5.75 Å². The van der Waals surface area contributed by atoms with Crippen molar-refractivity contribution in [3.05, 3.63) is 54.4 Å². The first-order chi connectivity index (χ1) is 11.6. The molecular formula is C18H21N3O3. The van der Waals surface area contributed by atoms with Gasteiger partial charge in [-0.3, -0.25) is 14.6 Å². The van der Waals surface area contributed by atoms with Gasteiger partial charge in [-0.1, -0.05) is 6.07 Å². The summed E-state index contributed by atoms with van der Waals surface area (Å²) in [6, 6.07) is 12.7. The summed E-state index contributed by atoms with van der Waals surface area (Å²) in [7, 11) is 1.59. The van der Waals surface area contributed by atoms with Gasteiger partial charge >= 0.3 is 0 Å². The summed E-state index contributed by atoms with van der Waals surface area (Å²) in [5.41, 5.74) is 1.53. The average molecular weight is 327 g/mol. The smallest absolute Gasteiger partial charge is 0.223 e. The quantitative estimate of drug-likeness (QED) is 0.846. The summed E-state index contributed by atoms with van der Waals surface area (Å²) in [5.74, 6) is 0.480. The molecule has 0 bridgehead atoms. The lowest BCUT2D eigenvalue weighted by atomic mass is 10.2. The molecule has 24 heavy (non-hydrogen) atoms. The van der Waals surface area contributed by atoms with Gasteiger partial charge in [-0.05, 0) is 36.4 Å². The van der Waals surface area contributed by atoms with E-state index in [1.165, 1.54) is 6.92 Å². The molecule has 0 unspecified atom stereocenters. The number of methoxy groups -OCH3 is 1. The highest BCUT2D eigenvalue weighted by molar-refractivity contribution is 5.92. The van der Waals surface area contributed by atoms with Crippen LogP contribution >= 0.6 is 0 Å². The lowest BCUT2D eigenvalue weighted by molar-refractivity contribution is -0.121. The topological polar surface area (TPSA) is 71.5 Å². The van der Waals surface area contributed by atoms with Crippen LogP contribution in [-0.4, -0.2) is 30.5 Å². The lowest BCUT2D eigenvalue weighted by Crippen LogP contribution is -2.33. The largest absolute Gasteiger partial charge is 0.497 e. The van der Waals surface area contributed by atoms with Crippen molar-refractivity contribution < 1.29 is 14.3 Å². The Bertz CT molecular complexity index is 672. The highest BCUT2D eigenvalue weighted by Gasteiger charge is 2.13.